The standard InChI is InChI=1S/C25H34N4O3/c1-17(16-32-7)27-21-14-18(12-13-26-21)15-28-23(31)29(22(30)25(28,5)6)20-10-8-19(9-11-20)24(2,3)4/h8-14,17H,15-16H2,1-7H3,(H,26,27)/t17-/m1/s1. The van der Waals surface area contributed by atoms with E-state index in [9.17, 15) is 9.59 Å². The van der Waals surface area contributed by atoms with E-state index in [0.717, 1.165) is 11.1 Å². The van der Waals surface area contributed by atoms with Crippen LogP contribution in [0.15, 0.2) is 42.6 Å². The minimum Gasteiger partial charge on any atom is -0.383 e. The van der Waals surface area contributed by atoms with Crippen LogP contribution < -0.4 is 10.2 Å². The molecule has 1 aromatic heterocycles. The summed E-state index contributed by atoms with van der Waals surface area (Å²) in [5.41, 5.74) is 1.67. The van der Waals surface area contributed by atoms with Gasteiger partial charge in [0.05, 0.1) is 12.3 Å². The maximum absolute atomic E-state index is 13.3. The highest BCUT2D eigenvalue weighted by atomic mass is 16.5. The second-order valence-corrected chi connectivity index (χ2v) is 9.92. The van der Waals surface area contributed by atoms with Crippen LogP contribution in [0.5, 0.6) is 0 Å². The van der Waals surface area contributed by atoms with Crippen LogP contribution >= 0.6 is 0 Å². The normalized spacial score (nSPS) is 17.1. The Morgan fingerprint density at radius 1 is 1.12 bits per heavy atom. The molecule has 1 fully saturated rings. The smallest absolute Gasteiger partial charge is 0.332 e. The van der Waals surface area contributed by atoms with Crippen LogP contribution in [-0.4, -0.2) is 47.1 Å². The van der Waals surface area contributed by atoms with E-state index < -0.39 is 5.54 Å². The molecule has 1 aliphatic heterocycles. The molecule has 32 heavy (non-hydrogen) atoms. The van der Waals surface area contributed by atoms with Gasteiger partial charge in [-0.15, -0.1) is 0 Å². The number of hydrogen-bond donors (Lipinski definition) is 1. The van der Waals surface area contributed by atoms with Crippen LogP contribution in [0.1, 0.15) is 52.7 Å². The van der Waals surface area contributed by atoms with Gasteiger partial charge in [0.2, 0.25) is 0 Å². The van der Waals surface area contributed by atoms with Crippen molar-refractivity contribution in [3.05, 3.63) is 53.7 Å². The largest absolute Gasteiger partial charge is 0.383 e. The first kappa shape index (κ1) is 23.7. The number of carbonyl (C=O) groups is 2. The van der Waals surface area contributed by atoms with E-state index >= 15 is 0 Å². The fourth-order valence-corrected chi connectivity index (χ4v) is 3.82. The first-order valence-electron chi connectivity index (χ1n) is 10.9. The molecule has 1 aliphatic rings. The third kappa shape index (κ3) is 4.78. The fraction of sp³-hybridized carbons (Fsp3) is 0.480. The molecular formula is C25H34N4O3. The number of aromatic nitrogens is 1. The van der Waals surface area contributed by atoms with Crippen LogP contribution in [0.3, 0.4) is 0 Å². The van der Waals surface area contributed by atoms with E-state index in [4.69, 9.17) is 4.74 Å². The van der Waals surface area contributed by atoms with E-state index in [1.165, 1.54) is 4.90 Å². The summed E-state index contributed by atoms with van der Waals surface area (Å²) in [6.45, 7) is 12.8. The van der Waals surface area contributed by atoms with Gasteiger partial charge in [0.15, 0.2) is 0 Å². The number of rotatable bonds is 7. The number of methoxy groups -OCH3 is 1. The summed E-state index contributed by atoms with van der Waals surface area (Å²) in [5, 5.41) is 3.28. The van der Waals surface area contributed by atoms with Crippen molar-refractivity contribution in [1.82, 2.24) is 9.88 Å². The summed E-state index contributed by atoms with van der Waals surface area (Å²) in [5.74, 6) is 0.476. The minimum absolute atomic E-state index is 0.00327. The molecule has 1 aromatic carbocycles. The number of anilines is 2. The van der Waals surface area contributed by atoms with Crippen molar-refractivity contribution >= 4 is 23.4 Å². The van der Waals surface area contributed by atoms with Gasteiger partial charge in [0.25, 0.3) is 5.91 Å². The number of imide groups is 1. The van der Waals surface area contributed by atoms with Crippen molar-refractivity contribution in [3.63, 3.8) is 0 Å². The Bertz CT molecular complexity index is 979. The molecule has 3 amide bonds. The molecule has 1 saturated heterocycles. The lowest BCUT2D eigenvalue weighted by Crippen LogP contribution is -2.43. The van der Waals surface area contributed by atoms with Crippen LogP contribution in [0, 0.1) is 0 Å². The predicted octanol–water partition coefficient (Wildman–Crippen LogP) is 4.57. The average Bonchev–Trinajstić information content (AvgIpc) is 2.87. The molecule has 3 rings (SSSR count). The lowest BCUT2D eigenvalue weighted by atomic mass is 9.87. The van der Waals surface area contributed by atoms with Crippen molar-refractivity contribution in [2.45, 2.75) is 65.1 Å². The van der Waals surface area contributed by atoms with E-state index in [1.54, 1.807) is 32.1 Å². The molecule has 1 atom stereocenters. The monoisotopic (exact) mass is 438 g/mol. The molecule has 0 aliphatic carbocycles. The first-order chi connectivity index (χ1) is 14.9. The summed E-state index contributed by atoms with van der Waals surface area (Å²) in [7, 11) is 1.66. The van der Waals surface area contributed by atoms with E-state index in [2.05, 4.69) is 31.1 Å². The topological polar surface area (TPSA) is 74.8 Å². The Hall–Kier alpha value is -2.93. The van der Waals surface area contributed by atoms with Gasteiger partial charge >= 0.3 is 6.03 Å². The number of nitrogens with one attached hydrogen (secondary N) is 1. The lowest BCUT2D eigenvalue weighted by Gasteiger charge is -2.28. The van der Waals surface area contributed by atoms with Crippen molar-refractivity contribution in [2.75, 3.05) is 23.9 Å². The number of urea groups is 1. The molecule has 7 heteroatoms. The van der Waals surface area contributed by atoms with Gasteiger partial charge in [0, 0.05) is 25.9 Å². The summed E-state index contributed by atoms with van der Waals surface area (Å²) in [6, 6.07) is 11.2. The molecule has 1 N–H and O–H groups in total. The average molecular weight is 439 g/mol. The maximum atomic E-state index is 13.3. The minimum atomic E-state index is -0.958. The lowest BCUT2D eigenvalue weighted by molar-refractivity contribution is -0.123. The Morgan fingerprint density at radius 2 is 1.78 bits per heavy atom. The highest BCUT2D eigenvalue weighted by Crippen LogP contribution is 2.34. The first-order valence-corrected chi connectivity index (χ1v) is 10.9. The van der Waals surface area contributed by atoms with Gasteiger partial charge in [-0.25, -0.2) is 14.7 Å². The molecule has 0 bridgehead atoms. The number of ether oxygens (including phenoxy) is 1. The number of benzene rings is 1. The number of pyridine rings is 1. The van der Waals surface area contributed by atoms with Crippen LogP contribution in [-0.2, 0) is 21.5 Å². The molecule has 0 saturated carbocycles. The molecular weight excluding hydrogens is 404 g/mol. The fourth-order valence-electron chi connectivity index (χ4n) is 3.82. The molecule has 2 aromatic rings. The third-order valence-corrected chi connectivity index (χ3v) is 5.79. The quantitative estimate of drug-likeness (QED) is 0.641. The van der Waals surface area contributed by atoms with Gasteiger partial charge < -0.3 is 15.0 Å². The van der Waals surface area contributed by atoms with Crippen molar-refractivity contribution in [1.29, 1.82) is 0 Å². The molecule has 172 valence electrons. The van der Waals surface area contributed by atoms with Gasteiger partial charge in [-0.05, 0) is 61.6 Å². The highest BCUT2D eigenvalue weighted by Gasteiger charge is 2.51. The number of amides is 3. The molecule has 7 nitrogen and oxygen atoms in total. The van der Waals surface area contributed by atoms with Crippen LogP contribution in [0.25, 0.3) is 0 Å². The summed E-state index contributed by atoms with van der Waals surface area (Å²) in [4.78, 5) is 33.8. The zero-order valence-electron chi connectivity index (χ0n) is 20.1. The molecule has 0 radical (unpaired) electrons. The van der Waals surface area contributed by atoms with Crippen LogP contribution in [0.2, 0.25) is 0 Å². The Morgan fingerprint density at radius 3 is 2.38 bits per heavy atom. The van der Waals surface area contributed by atoms with Gasteiger partial charge in [-0.3, -0.25) is 4.79 Å². The van der Waals surface area contributed by atoms with Crippen molar-refractivity contribution in [3.8, 4) is 0 Å². The van der Waals surface area contributed by atoms with Crippen LogP contribution in [0.4, 0.5) is 16.3 Å². The van der Waals surface area contributed by atoms with Crippen molar-refractivity contribution in [2.24, 2.45) is 0 Å². The maximum Gasteiger partial charge on any atom is 0.332 e. The van der Waals surface area contributed by atoms with E-state index in [-0.39, 0.29) is 23.4 Å². The second kappa shape index (κ2) is 8.90. The summed E-state index contributed by atoms with van der Waals surface area (Å²) < 4.78 is 5.16. The molecule has 2 heterocycles. The highest BCUT2D eigenvalue weighted by molar-refractivity contribution is 6.22. The van der Waals surface area contributed by atoms with Gasteiger partial charge in [0.1, 0.15) is 11.4 Å². The summed E-state index contributed by atoms with van der Waals surface area (Å²) >= 11 is 0. The van der Waals surface area contributed by atoms with E-state index in [1.807, 2.05) is 43.3 Å². The predicted molar refractivity (Wildman–Crippen MR) is 127 cm³/mol. The Balaban J connectivity index is 1.83. The van der Waals surface area contributed by atoms with Crippen molar-refractivity contribution < 1.29 is 14.3 Å². The number of hydrogen-bond acceptors (Lipinski definition) is 5. The Labute approximate surface area is 190 Å². The van der Waals surface area contributed by atoms with Gasteiger partial charge in [-0.2, -0.15) is 0 Å². The zero-order chi connectivity index (χ0) is 23.7. The molecule has 0 spiro atoms. The summed E-state index contributed by atoms with van der Waals surface area (Å²) in [6.07, 6.45) is 1.70. The Kier molecular flexibility index (Phi) is 6.60. The molecule has 0 unspecified atom stereocenters. The second-order valence-electron chi connectivity index (χ2n) is 9.92. The SMILES string of the molecule is COC[C@@H](C)Nc1cc(CN2C(=O)N(c3ccc(C(C)(C)C)cc3)C(=O)C2(C)C)ccn1. The zero-order valence-corrected chi connectivity index (χ0v) is 20.1. The third-order valence-electron chi connectivity index (χ3n) is 5.79. The number of carbonyl (C=O) groups excluding carboxylic acids is 2. The number of nitrogens with zero attached hydrogens (tertiary/aromatic N) is 3. The van der Waals surface area contributed by atoms with Gasteiger partial charge in [-0.1, -0.05) is 32.9 Å². The van der Waals surface area contributed by atoms with E-state index in [0.29, 0.717) is 24.7 Å².